The van der Waals surface area contributed by atoms with Crippen LogP contribution in [-0.2, 0) is 18.4 Å². The van der Waals surface area contributed by atoms with Gasteiger partial charge in [0.2, 0.25) is 0 Å². The monoisotopic (exact) mass is 568 g/mol. The van der Waals surface area contributed by atoms with E-state index in [1.165, 1.54) is 6.08 Å². The van der Waals surface area contributed by atoms with Crippen molar-refractivity contribution >= 4 is 28.2 Å². The molecule has 1 fully saturated rings. The van der Waals surface area contributed by atoms with Crippen molar-refractivity contribution in [2.45, 2.75) is 121 Å². The number of hydrogen-bond donors (Lipinski definition) is 0. The maximum atomic E-state index is 16.8. The van der Waals surface area contributed by atoms with Crippen LogP contribution in [0.2, 0.25) is 36.3 Å². The van der Waals surface area contributed by atoms with Crippen molar-refractivity contribution in [1.29, 1.82) is 0 Å². The van der Waals surface area contributed by atoms with Crippen LogP contribution in [0.15, 0.2) is 23.8 Å². The van der Waals surface area contributed by atoms with Crippen LogP contribution in [0.1, 0.15) is 73.6 Å². The largest absolute Gasteiger partial charge is 0.417 e. The van der Waals surface area contributed by atoms with Crippen LogP contribution in [-0.4, -0.2) is 52.8 Å². The molecule has 2 bridgehead atoms. The van der Waals surface area contributed by atoms with Crippen molar-refractivity contribution in [3.8, 4) is 0 Å². The maximum absolute atomic E-state index is 16.8. The van der Waals surface area contributed by atoms with Crippen molar-refractivity contribution in [2.24, 2.45) is 17.8 Å². The minimum atomic E-state index is -2.20. The van der Waals surface area contributed by atoms with Crippen LogP contribution in [0.3, 0.4) is 0 Å². The van der Waals surface area contributed by atoms with Crippen LogP contribution in [0.4, 0.5) is 8.78 Å². The molecule has 216 valence electrons. The summed E-state index contributed by atoms with van der Waals surface area (Å²) in [5, 5.41) is 0.0709. The van der Waals surface area contributed by atoms with E-state index in [-0.39, 0.29) is 29.3 Å². The van der Waals surface area contributed by atoms with Crippen LogP contribution < -0.4 is 0 Å². The van der Waals surface area contributed by atoms with E-state index in [9.17, 15) is 9.59 Å². The summed E-state index contributed by atoms with van der Waals surface area (Å²) in [6.07, 6.45) is 5.71. The highest BCUT2D eigenvalue weighted by Gasteiger charge is 2.66. The first-order valence-corrected chi connectivity index (χ1v) is 20.1. The Kier molecular flexibility index (Phi) is 8.68. The molecule has 0 aromatic rings. The van der Waals surface area contributed by atoms with E-state index >= 15 is 8.78 Å². The summed E-state index contributed by atoms with van der Waals surface area (Å²) in [6, 6.07) is 0. The Morgan fingerprint density at radius 2 is 1.34 bits per heavy atom. The highest BCUT2D eigenvalue weighted by Crippen LogP contribution is 2.59. The molecule has 0 aromatic heterocycles. The summed E-state index contributed by atoms with van der Waals surface area (Å²) >= 11 is 0. The summed E-state index contributed by atoms with van der Waals surface area (Å²) in [6.45, 7) is 22.2. The molecule has 5 atom stereocenters. The second-order valence-corrected chi connectivity index (χ2v) is 24.4. The van der Waals surface area contributed by atoms with E-state index in [1.807, 2.05) is 0 Å². The molecule has 0 N–H and O–H groups in total. The molecule has 38 heavy (non-hydrogen) atoms. The number of ketones is 2. The van der Waals surface area contributed by atoms with Gasteiger partial charge in [0.05, 0.1) is 0 Å². The number of carbonyl (C=O) groups is 2. The fourth-order valence-electron chi connectivity index (χ4n) is 5.76. The van der Waals surface area contributed by atoms with Crippen molar-refractivity contribution in [3.63, 3.8) is 0 Å². The first-order chi connectivity index (χ1) is 17.2. The minimum absolute atomic E-state index is 0.00580. The lowest BCUT2D eigenvalue weighted by atomic mass is 9.50. The van der Waals surface area contributed by atoms with Gasteiger partial charge in [-0.15, -0.1) is 0 Å². The van der Waals surface area contributed by atoms with E-state index in [1.54, 1.807) is 12.2 Å². The third-order valence-electron chi connectivity index (χ3n) is 10.3. The van der Waals surface area contributed by atoms with Crippen molar-refractivity contribution < 1.29 is 27.2 Å². The van der Waals surface area contributed by atoms with E-state index in [0.717, 1.165) is 0 Å². The van der Waals surface area contributed by atoms with Gasteiger partial charge in [0, 0.05) is 36.5 Å². The molecule has 4 aliphatic rings. The molecule has 0 aromatic carbocycles. The predicted molar refractivity (Wildman–Crippen MR) is 155 cm³/mol. The molecule has 4 rings (SSSR count). The van der Waals surface area contributed by atoms with Gasteiger partial charge in [0.25, 0.3) is 0 Å². The molecule has 0 radical (unpaired) electrons. The normalized spacial score (nSPS) is 32.0. The lowest BCUT2D eigenvalue weighted by Crippen LogP contribution is -2.63. The molecule has 0 heterocycles. The standard InChI is InChI=1S/C30H50F2O4Si2/c1-27(2,3)37(7,8)35-19-11-17-29(31)23-15-13-22(26(29)34)21-14-16-24(33)30(32,25(21)23)18-12-20-36-38(9,10)28(4,5)6/h13-14,16,21,23,25H,11-12,15,17-20H2,1-10H3/t21-,23-,25-,29+,30-/m0/s1. The van der Waals surface area contributed by atoms with E-state index in [0.29, 0.717) is 31.6 Å². The SMILES string of the molecule is CC(C)(C)[Si](C)(C)OCCC[C@]1(F)C(=O)C=C[C@H]2C3=CC[C@@H]([C@H]21)[C@](F)(CCCO[Si](C)(C)C(C)(C)C)C3=O. The molecule has 0 saturated heterocycles. The minimum Gasteiger partial charge on any atom is -0.417 e. The summed E-state index contributed by atoms with van der Waals surface area (Å²) in [5.41, 5.74) is -4.02. The van der Waals surface area contributed by atoms with Gasteiger partial charge in [0.1, 0.15) is 0 Å². The molecule has 0 aliphatic heterocycles. The number of fused-ring (bicyclic) bond motifs is 2. The smallest absolute Gasteiger partial charge is 0.196 e. The van der Waals surface area contributed by atoms with Gasteiger partial charge in [-0.1, -0.05) is 53.7 Å². The average Bonchev–Trinajstić information content (AvgIpc) is 2.78. The quantitative estimate of drug-likeness (QED) is 0.198. The number of hydrogen-bond acceptors (Lipinski definition) is 4. The van der Waals surface area contributed by atoms with E-state index in [2.05, 4.69) is 67.7 Å². The molecule has 0 amide bonds. The summed E-state index contributed by atoms with van der Waals surface area (Å²) in [4.78, 5) is 26.4. The predicted octanol–water partition coefficient (Wildman–Crippen LogP) is 7.91. The number of rotatable bonds is 10. The molecule has 1 saturated carbocycles. The molecule has 0 unspecified atom stereocenters. The van der Waals surface area contributed by atoms with Crippen LogP contribution >= 0.6 is 0 Å². The zero-order valence-electron chi connectivity index (χ0n) is 25.3. The second kappa shape index (κ2) is 10.5. The molecule has 8 heteroatoms. The van der Waals surface area contributed by atoms with Gasteiger partial charge in [-0.25, -0.2) is 8.78 Å². The maximum Gasteiger partial charge on any atom is 0.196 e. The molecule has 0 spiro atoms. The third kappa shape index (κ3) is 5.61. The van der Waals surface area contributed by atoms with Gasteiger partial charge in [0.15, 0.2) is 39.5 Å². The number of carbonyl (C=O) groups excluding carboxylic acids is 2. The Hall–Kier alpha value is -0.966. The second-order valence-electron chi connectivity index (χ2n) is 14.8. The third-order valence-corrected chi connectivity index (χ3v) is 19.4. The number of halogens is 2. The first-order valence-electron chi connectivity index (χ1n) is 14.3. The van der Waals surface area contributed by atoms with Gasteiger partial charge < -0.3 is 8.85 Å². The Balaban J connectivity index is 1.75. The van der Waals surface area contributed by atoms with Gasteiger partial charge >= 0.3 is 0 Å². The van der Waals surface area contributed by atoms with E-state index in [4.69, 9.17) is 8.85 Å². The Morgan fingerprint density at radius 1 is 0.868 bits per heavy atom. The Morgan fingerprint density at radius 3 is 1.82 bits per heavy atom. The molecule has 4 aliphatic carbocycles. The molecular formula is C30H50F2O4Si2. The fourth-order valence-corrected chi connectivity index (χ4v) is 7.94. The molecule has 4 nitrogen and oxygen atoms in total. The highest BCUT2D eigenvalue weighted by molar-refractivity contribution is 6.74. The first kappa shape index (κ1) is 31.6. The number of Topliss-reactive ketones (excluding diaryl/α,β-unsaturated/α-hetero) is 1. The fraction of sp³-hybridized carbons (Fsp3) is 0.800. The summed E-state index contributed by atoms with van der Waals surface area (Å²) < 4.78 is 45.9. The van der Waals surface area contributed by atoms with Gasteiger partial charge in [-0.2, -0.15) is 0 Å². The lowest BCUT2D eigenvalue weighted by Gasteiger charge is -2.54. The Labute approximate surface area is 231 Å². The van der Waals surface area contributed by atoms with Crippen LogP contribution in [0.5, 0.6) is 0 Å². The Bertz CT molecular complexity index is 991. The zero-order valence-corrected chi connectivity index (χ0v) is 27.3. The highest BCUT2D eigenvalue weighted by atomic mass is 28.4. The molecular weight excluding hydrogens is 518 g/mol. The van der Waals surface area contributed by atoms with Gasteiger partial charge in [-0.3, -0.25) is 9.59 Å². The van der Waals surface area contributed by atoms with Crippen molar-refractivity contribution in [3.05, 3.63) is 23.8 Å². The summed E-state index contributed by atoms with van der Waals surface area (Å²) in [5.74, 6) is -3.39. The van der Waals surface area contributed by atoms with Crippen molar-refractivity contribution in [2.75, 3.05) is 13.2 Å². The zero-order chi connectivity index (χ0) is 28.9. The van der Waals surface area contributed by atoms with Crippen LogP contribution in [0.25, 0.3) is 0 Å². The lowest BCUT2D eigenvalue weighted by molar-refractivity contribution is -0.155. The number of alkyl halides is 2. The van der Waals surface area contributed by atoms with Crippen molar-refractivity contribution in [1.82, 2.24) is 0 Å². The van der Waals surface area contributed by atoms with Crippen LogP contribution in [0, 0.1) is 17.8 Å². The van der Waals surface area contributed by atoms with E-state index < -0.39 is 57.3 Å². The van der Waals surface area contributed by atoms with Gasteiger partial charge in [-0.05, 0) is 74.4 Å². The summed E-state index contributed by atoms with van der Waals surface area (Å²) in [7, 11) is -4.00. The topological polar surface area (TPSA) is 52.6 Å². The average molecular weight is 569 g/mol. The number of allylic oxidation sites excluding steroid dienone is 4.